The highest BCUT2D eigenvalue weighted by atomic mass is 79.9. The summed E-state index contributed by atoms with van der Waals surface area (Å²) in [5, 5.41) is 6.12. The molecule has 0 aliphatic heterocycles. The second-order valence-corrected chi connectivity index (χ2v) is 6.76. The molecular weight excluding hydrogens is 472 g/mol. The Morgan fingerprint density at radius 2 is 1.42 bits per heavy atom. The normalized spacial score (nSPS) is 9.96. The van der Waals surface area contributed by atoms with E-state index in [1.165, 1.54) is 0 Å². The predicted octanol–water partition coefficient (Wildman–Crippen LogP) is 2.77. The average Bonchev–Trinajstić information content (AvgIpc) is 2.61. The smallest absolute Gasteiger partial charge is 0.344 e. The predicted molar refractivity (Wildman–Crippen MR) is 106 cm³/mol. The van der Waals surface area contributed by atoms with E-state index in [0.717, 1.165) is 0 Å². The zero-order valence-corrected chi connectivity index (χ0v) is 17.5. The number of hydrogen-bond donors (Lipinski definition) is 2. The van der Waals surface area contributed by atoms with E-state index in [0.29, 0.717) is 37.0 Å². The van der Waals surface area contributed by atoms with Gasteiger partial charge in [-0.05, 0) is 31.9 Å². The Kier molecular flexibility index (Phi) is 9.89. The number of carbonyl (C=O) groups is 2. The number of aromatic nitrogens is 2. The molecule has 2 N–H and O–H groups in total. The molecule has 0 spiro atoms. The Labute approximate surface area is 168 Å². The van der Waals surface area contributed by atoms with Gasteiger partial charge in [-0.1, -0.05) is 20.1 Å². The lowest BCUT2D eigenvalue weighted by molar-refractivity contribution is -0.138. The van der Waals surface area contributed by atoms with Gasteiger partial charge in [-0.15, -0.1) is 0 Å². The zero-order valence-electron chi connectivity index (χ0n) is 14.3. The van der Waals surface area contributed by atoms with Gasteiger partial charge in [-0.25, -0.2) is 19.6 Å². The van der Waals surface area contributed by atoms with Gasteiger partial charge in [-0.3, -0.25) is 0 Å². The summed E-state index contributed by atoms with van der Waals surface area (Å²) in [6.07, 6.45) is 0.654. The molecule has 1 aromatic rings. The van der Waals surface area contributed by atoms with Crippen LogP contribution in [-0.4, -0.2) is 48.2 Å². The highest BCUT2D eigenvalue weighted by Crippen LogP contribution is 2.12. The fourth-order valence-corrected chi connectivity index (χ4v) is 1.87. The third-order valence-electron chi connectivity index (χ3n) is 2.81. The van der Waals surface area contributed by atoms with Crippen LogP contribution in [0.1, 0.15) is 12.7 Å². The molecule has 0 amide bonds. The lowest BCUT2D eigenvalue weighted by Crippen LogP contribution is -2.16. The van der Waals surface area contributed by atoms with Crippen molar-refractivity contribution >= 4 is 55.4 Å². The first-order chi connectivity index (χ1) is 12.3. The first-order valence-electron chi connectivity index (χ1n) is 7.72. The summed E-state index contributed by atoms with van der Waals surface area (Å²) >= 11 is 5.91. The van der Waals surface area contributed by atoms with Crippen LogP contribution < -0.4 is 10.6 Å². The molecule has 1 rings (SSSR count). The van der Waals surface area contributed by atoms with E-state index in [1.807, 2.05) is 6.92 Å². The second kappa shape index (κ2) is 11.6. The van der Waals surface area contributed by atoms with Crippen LogP contribution in [0.3, 0.4) is 0 Å². The van der Waals surface area contributed by atoms with E-state index in [1.54, 1.807) is 6.07 Å². The van der Waals surface area contributed by atoms with Crippen LogP contribution in [0, 0.1) is 0 Å². The maximum absolute atomic E-state index is 11.3. The first-order valence-corrected chi connectivity index (χ1v) is 9.30. The summed E-state index contributed by atoms with van der Waals surface area (Å²) in [5.74, 6) is 0.825. The molecule has 0 aliphatic carbocycles. The highest BCUT2D eigenvalue weighted by Gasteiger charge is 2.07. The first kappa shape index (κ1) is 22.1. The van der Waals surface area contributed by atoms with Crippen LogP contribution in [0.4, 0.5) is 11.6 Å². The van der Waals surface area contributed by atoms with Gasteiger partial charge in [0, 0.05) is 12.5 Å². The van der Waals surface area contributed by atoms with Crippen LogP contribution in [0.5, 0.6) is 0 Å². The number of carbonyl (C=O) groups excluding carboxylic acids is 2. The van der Waals surface area contributed by atoms with Crippen molar-refractivity contribution in [1.29, 1.82) is 0 Å². The van der Waals surface area contributed by atoms with Crippen LogP contribution >= 0.6 is 31.9 Å². The molecule has 1 heterocycles. The van der Waals surface area contributed by atoms with Crippen molar-refractivity contribution < 1.29 is 19.1 Å². The molecular formula is C16H20Br2N4O4. The molecule has 0 aromatic carbocycles. The van der Waals surface area contributed by atoms with Crippen molar-refractivity contribution in [3.63, 3.8) is 0 Å². The number of anilines is 2. The fraction of sp³-hybridized carbons (Fsp3) is 0.375. The van der Waals surface area contributed by atoms with Crippen molar-refractivity contribution in [3.05, 3.63) is 34.0 Å². The Morgan fingerprint density at radius 1 is 1.00 bits per heavy atom. The van der Waals surface area contributed by atoms with E-state index < -0.39 is 11.9 Å². The Bertz CT molecular complexity index is 630. The number of nitrogens with zero attached hydrogens (tertiary/aromatic N) is 2. The zero-order chi connectivity index (χ0) is 19.5. The molecule has 0 atom stereocenters. The van der Waals surface area contributed by atoms with Gasteiger partial charge in [0.05, 0.1) is 22.1 Å². The van der Waals surface area contributed by atoms with E-state index in [9.17, 15) is 9.59 Å². The van der Waals surface area contributed by atoms with Crippen molar-refractivity contribution in [3.8, 4) is 0 Å². The maximum atomic E-state index is 11.3. The van der Waals surface area contributed by atoms with E-state index in [2.05, 4.69) is 65.6 Å². The number of hydrogen-bond acceptors (Lipinski definition) is 8. The minimum Gasteiger partial charge on any atom is -0.460 e. The number of nitrogens with one attached hydrogen (secondary N) is 2. The molecule has 0 bridgehead atoms. The molecule has 0 unspecified atom stereocenters. The van der Waals surface area contributed by atoms with E-state index in [-0.39, 0.29) is 22.2 Å². The quantitative estimate of drug-likeness (QED) is 0.277. The van der Waals surface area contributed by atoms with Gasteiger partial charge >= 0.3 is 11.9 Å². The van der Waals surface area contributed by atoms with Gasteiger partial charge in [0.25, 0.3) is 0 Å². The number of rotatable bonds is 11. The largest absolute Gasteiger partial charge is 0.460 e. The summed E-state index contributed by atoms with van der Waals surface area (Å²) in [4.78, 5) is 31.2. The SMILES string of the molecule is C=C(Br)C(=O)OCCNc1cc(NCCOC(=O)C(=C)Br)nc(CC)n1. The molecule has 1 aromatic heterocycles. The number of aryl methyl sites for hydroxylation is 1. The van der Waals surface area contributed by atoms with E-state index in [4.69, 9.17) is 9.47 Å². The number of ether oxygens (including phenoxy) is 2. The van der Waals surface area contributed by atoms with Crippen molar-refractivity contribution in [2.75, 3.05) is 36.9 Å². The van der Waals surface area contributed by atoms with Crippen LogP contribution in [0.15, 0.2) is 28.2 Å². The summed E-state index contributed by atoms with van der Waals surface area (Å²) in [6.45, 7) is 9.93. The minimum atomic E-state index is -0.508. The molecule has 26 heavy (non-hydrogen) atoms. The molecule has 0 fully saturated rings. The Morgan fingerprint density at radius 3 is 1.77 bits per heavy atom. The van der Waals surface area contributed by atoms with Crippen molar-refractivity contribution in [2.24, 2.45) is 0 Å². The summed E-state index contributed by atoms with van der Waals surface area (Å²) < 4.78 is 10.3. The standard InChI is InChI=1S/C16H20Br2N4O4/c1-4-12-21-13(19-5-7-25-15(23)10(2)17)9-14(22-12)20-6-8-26-16(24)11(3)18/h9H,2-8H2,1H3,(H2,19,20,21,22). The Hall–Kier alpha value is -1.94. The monoisotopic (exact) mass is 490 g/mol. The third-order valence-corrected chi connectivity index (χ3v) is 3.46. The van der Waals surface area contributed by atoms with Gasteiger partial charge in [0.15, 0.2) is 0 Å². The molecule has 0 radical (unpaired) electrons. The Balaban J connectivity index is 2.51. The number of esters is 2. The lowest BCUT2D eigenvalue weighted by atomic mass is 10.4. The molecule has 8 nitrogen and oxygen atoms in total. The molecule has 0 aliphatic rings. The van der Waals surface area contributed by atoms with Gasteiger partial charge in [0.2, 0.25) is 0 Å². The number of halogens is 2. The summed E-state index contributed by atoms with van der Waals surface area (Å²) in [5.41, 5.74) is 0. The van der Waals surface area contributed by atoms with Crippen molar-refractivity contribution in [1.82, 2.24) is 9.97 Å². The maximum Gasteiger partial charge on any atom is 0.344 e. The van der Waals surface area contributed by atoms with E-state index >= 15 is 0 Å². The van der Waals surface area contributed by atoms with Crippen LogP contribution in [0.25, 0.3) is 0 Å². The fourth-order valence-electron chi connectivity index (χ4n) is 1.64. The van der Waals surface area contributed by atoms with Gasteiger partial charge in [-0.2, -0.15) is 0 Å². The van der Waals surface area contributed by atoms with Crippen molar-refractivity contribution in [2.45, 2.75) is 13.3 Å². The second-order valence-electron chi connectivity index (χ2n) is 4.84. The van der Waals surface area contributed by atoms with Gasteiger partial charge < -0.3 is 20.1 Å². The highest BCUT2D eigenvalue weighted by molar-refractivity contribution is 9.12. The molecule has 142 valence electrons. The minimum absolute atomic E-state index is 0.170. The molecule has 10 heteroatoms. The van der Waals surface area contributed by atoms with Gasteiger partial charge in [0.1, 0.15) is 30.7 Å². The molecule has 0 saturated carbocycles. The summed E-state index contributed by atoms with van der Waals surface area (Å²) in [6, 6.07) is 1.72. The third kappa shape index (κ3) is 8.43. The lowest BCUT2D eigenvalue weighted by Gasteiger charge is -2.11. The topological polar surface area (TPSA) is 102 Å². The van der Waals surface area contributed by atoms with Crippen LogP contribution in [0.2, 0.25) is 0 Å². The summed E-state index contributed by atoms with van der Waals surface area (Å²) in [7, 11) is 0. The molecule has 0 saturated heterocycles. The average molecular weight is 492 g/mol. The van der Waals surface area contributed by atoms with Crippen LogP contribution in [-0.2, 0) is 25.5 Å².